The molecule has 0 bridgehead atoms. The second-order valence-corrected chi connectivity index (χ2v) is 6.84. The molecular formula is C18H24N4O3S. The first-order valence-corrected chi connectivity index (χ1v) is 9.39. The molecule has 2 N–H and O–H groups in total. The van der Waals surface area contributed by atoms with Crippen LogP contribution in [0.4, 0.5) is 5.69 Å². The molecule has 2 aromatic rings. The highest BCUT2D eigenvalue weighted by molar-refractivity contribution is 7.98. The van der Waals surface area contributed by atoms with Crippen molar-refractivity contribution in [3.05, 3.63) is 47.8 Å². The Hall–Kier alpha value is -2.32. The summed E-state index contributed by atoms with van der Waals surface area (Å²) in [5, 5.41) is 10.1. The number of benzene rings is 1. The number of nitrogens with zero attached hydrogens (tertiary/aromatic N) is 2. The number of thioether (sulfide) groups is 1. The van der Waals surface area contributed by atoms with E-state index in [0.717, 1.165) is 22.6 Å². The van der Waals surface area contributed by atoms with Crippen molar-refractivity contribution in [3.63, 3.8) is 0 Å². The first-order chi connectivity index (χ1) is 12.5. The summed E-state index contributed by atoms with van der Waals surface area (Å²) in [6.07, 6.45) is 3.89. The van der Waals surface area contributed by atoms with E-state index in [0.29, 0.717) is 12.2 Å². The van der Waals surface area contributed by atoms with Crippen LogP contribution in [0, 0.1) is 0 Å². The SMILES string of the molecule is CNC(C(=O)Nc1cccc(CSCCC(=O)OC)c1)c1cnn(C)c1. The molecule has 2 rings (SSSR count). The number of aromatic nitrogens is 2. The lowest BCUT2D eigenvalue weighted by molar-refractivity contribution is -0.140. The van der Waals surface area contributed by atoms with Gasteiger partial charge in [0.1, 0.15) is 6.04 Å². The van der Waals surface area contributed by atoms with Crippen LogP contribution in [-0.2, 0) is 27.1 Å². The summed E-state index contributed by atoms with van der Waals surface area (Å²) >= 11 is 1.65. The van der Waals surface area contributed by atoms with Crippen LogP contribution in [-0.4, -0.2) is 41.6 Å². The summed E-state index contributed by atoms with van der Waals surface area (Å²) in [6, 6.07) is 7.24. The molecule has 0 radical (unpaired) electrons. The van der Waals surface area contributed by atoms with Gasteiger partial charge >= 0.3 is 5.97 Å². The molecule has 26 heavy (non-hydrogen) atoms. The fourth-order valence-corrected chi connectivity index (χ4v) is 3.31. The van der Waals surface area contributed by atoms with Gasteiger partial charge in [-0.3, -0.25) is 14.3 Å². The van der Waals surface area contributed by atoms with Gasteiger partial charge in [0.05, 0.1) is 19.7 Å². The minimum atomic E-state index is -0.471. The number of carbonyl (C=O) groups excluding carboxylic acids is 2. The van der Waals surface area contributed by atoms with E-state index in [1.54, 1.807) is 29.7 Å². The van der Waals surface area contributed by atoms with Gasteiger partial charge in [0.2, 0.25) is 5.91 Å². The molecule has 7 nitrogen and oxygen atoms in total. The zero-order chi connectivity index (χ0) is 18.9. The number of esters is 1. The second kappa shape index (κ2) is 9.98. The summed E-state index contributed by atoms with van der Waals surface area (Å²) in [5.74, 6) is 1.12. The molecule has 0 aliphatic rings. The third kappa shape index (κ3) is 5.89. The maximum Gasteiger partial charge on any atom is 0.306 e. The van der Waals surface area contributed by atoms with Crippen LogP contribution in [0.2, 0.25) is 0 Å². The molecule has 1 aromatic carbocycles. The number of likely N-dealkylation sites (N-methyl/N-ethyl adjacent to an activating group) is 1. The van der Waals surface area contributed by atoms with Gasteiger partial charge in [-0.25, -0.2) is 0 Å². The Kier molecular flexibility index (Phi) is 7.68. The average Bonchev–Trinajstić information content (AvgIpc) is 3.05. The highest BCUT2D eigenvalue weighted by Gasteiger charge is 2.20. The molecule has 0 aliphatic heterocycles. The van der Waals surface area contributed by atoms with Crippen LogP contribution in [0.1, 0.15) is 23.6 Å². The Balaban J connectivity index is 1.92. The predicted octanol–water partition coefficient (Wildman–Crippen LogP) is 2.12. The Morgan fingerprint density at radius 3 is 2.85 bits per heavy atom. The van der Waals surface area contributed by atoms with Gasteiger partial charge in [-0.2, -0.15) is 16.9 Å². The van der Waals surface area contributed by atoms with Crippen LogP contribution in [0.5, 0.6) is 0 Å². The summed E-state index contributed by atoms with van der Waals surface area (Å²) in [7, 11) is 4.95. The Bertz CT molecular complexity index is 748. The molecule has 1 amide bonds. The number of nitrogens with one attached hydrogen (secondary N) is 2. The normalized spacial score (nSPS) is 11.8. The van der Waals surface area contributed by atoms with Crippen LogP contribution in [0.25, 0.3) is 0 Å². The summed E-state index contributed by atoms with van der Waals surface area (Å²) < 4.78 is 6.29. The van der Waals surface area contributed by atoms with Crippen molar-refractivity contribution in [3.8, 4) is 0 Å². The van der Waals surface area contributed by atoms with Crippen molar-refractivity contribution in [2.24, 2.45) is 7.05 Å². The Morgan fingerprint density at radius 2 is 2.19 bits per heavy atom. The highest BCUT2D eigenvalue weighted by atomic mass is 32.2. The smallest absolute Gasteiger partial charge is 0.306 e. The van der Waals surface area contributed by atoms with Gasteiger partial charge in [-0.05, 0) is 24.7 Å². The second-order valence-electron chi connectivity index (χ2n) is 5.74. The molecule has 1 atom stereocenters. The standard InChI is InChI=1S/C18H24N4O3S/c1-19-17(14-10-20-22(2)11-14)18(24)21-15-6-4-5-13(9-15)12-26-8-7-16(23)25-3/h4-6,9-11,17,19H,7-8,12H2,1-3H3,(H,21,24). The van der Waals surface area contributed by atoms with Crippen molar-refractivity contribution in [1.29, 1.82) is 0 Å². The molecule has 0 fully saturated rings. The lowest BCUT2D eigenvalue weighted by Gasteiger charge is -2.15. The molecular weight excluding hydrogens is 352 g/mol. The lowest BCUT2D eigenvalue weighted by Crippen LogP contribution is -2.30. The summed E-state index contributed by atoms with van der Waals surface area (Å²) in [5.41, 5.74) is 2.63. The average molecular weight is 376 g/mol. The Labute approximate surface area is 157 Å². The largest absolute Gasteiger partial charge is 0.469 e. The third-order valence-electron chi connectivity index (χ3n) is 3.75. The van der Waals surface area contributed by atoms with Gasteiger partial charge in [0.25, 0.3) is 0 Å². The molecule has 1 aromatic heterocycles. The quantitative estimate of drug-likeness (QED) is 0.515. The van der Waals surface area contributed by atoms with Gasteiger partial charge in [0.15, 0.2) is 0 Å². The third-order valence-corrected chi connectivity index (χ3v) is 4.78. The van der Waals surface area contributed by atoms with Crippen LogP contribution >= 0.6 is 11.8 Å². The number of methoxy groups -OCH3 is 1. The fourth-order valence-electron chi connectivity index (χ4n) is 2.44. The topological polar surface area (TPSA) is 85.2 Å². The van der Waals surface area contributed by atoms with Gasteiger partial charge in [0, 0.05) is 36.0 Å². The van der Waals surface area contributed by atoms with Crippen molar-refractivity contribution in [2.45, 2.75) is 18.2 Å². The molecule has 1 unspecified atom stereocenters. The monoisotopic (exact) mass is 376 g/mol. The predicted molar refractivity (Wildman–Crippen MR) is 103 cm³/mol. The molecule has 0 saturated heterocycles. The van der Waals surface area contributed by atoms with Crippen molar-refractivity contribution in [1.82, 2.24) is 15.1 Å². The summed E-state index contributed by atoms with van der Waals surface area (Å²) in [4.78, 5) is 23.7. The van der Waals surface area contributed by atoms with Crippen molar-refractivity contribution >= 4 is 29.3 Å². The van der Waals surface area contributed by atoms with Crippen LogP contribution in [0.15, 0.2) is 36.7 Å². The highest BCUT2D eigenvalue weighted by Crippen LogP contribution is 2.19. The van der Waals surface area contributed by atoms with E-state index in [1.807, 2.05) is 37.5 Å². The Morgan fingerprint density at radius 1 is 1.38 bits per heavy atom. The minimum absolute atomic E-state index is 0.143. The van der Waals surface area contributed by atoms with Gasteiger partial charge in [-0.15, -0.1) is 0 Å². The number of anilines is 1. The molecule has 8 heteroatoms. The number of rotatable bonds is 9. The van der Waals surface area contributed by atoms with E-state index in [9.17, 15) is 9.59 Å². The zero-order valence-electron chi connectivity index (χ0n) is 15.2. The lowest BCUT2D eigenvalue weighted by atomic mass is 10.1. The molecule has 0 aliphatic carbocycles. The van der Waals surface area contributed by atoms with Gasteiger partial charge < -0.3 is 15.4 Å². The zero-order valence-corrected chi connectivity index (χ0v) is 16.0. The van der Waals surface area contributed by atoms with E-state index >= 15 is 0 Å². The maximum atomic E-state index is 12.6. The van der Waals surface area contributed by atoms with Gasteiger partial charge in [-0.1, -0.05) is 12.1 Å². The van der Waals surface area contributed by atoms with E-state index in [1.165, 1.54) is 7.11 Å². The number of hydrogen-bond acceptors (Lipinski definition) is 6. The van der Waals surface area contributed by atoms with Crippen LogP contribution in [0.3, 0.4) is 0 Å². The summed E-state index contributed by atoms with van der Waals surface area (Å²) in [6.45, 7) is 0. The maximum absolute atomic E-state index is 12.6. The van der Waals surface area contributed by atoms with E-state index in [-0.39, 0.29) is 11.9 Å². The first kappa shape index (κ1) is 20.0. The van der Waals surface area contributed by atoms with E-state index in [4.69, 9.17) is 0 Å². The number of ether oxygens (including phenoxy) is 1. The first-order valence-electron chi connectivity index (χ1n) is 8.23. The number of hydrogen-bond donors (Lipinski definition) is 2. The molecule has 1 heterocycles. The van der Waals surface area contributed by atoms with Crippen LogP contribution < -0.4 is 10.6 Å². The molecule has 0 spiro atoms. The number of aryl methyl sites for hydroxylation is 1. The number of amides is 1. The molecule has 0 saturated carbocycles. The van der Waals surface area contributed by atoms with E-state index < -0.39 is 6.04 Å². The minimum Gasteiger partial charge on any atom is -0.469 e. The van der Waals surface area contributed by atoms with E-state index in [2.05, 4.69) is 20.5 Å². The molecule has 140 valence electrons. The number of carbonyl (C=O) groups is 2. The fraction of sp³-hybridized carbons (Fsp3) is 0.389. The van der Waals surface area contributed by atoms with Crippen molar-refractivity contribution in [2.75, 3.05) is 25.2 Å². The van der Waals surface area contributed by atoms with Crippen molar-refractivity contribution < 1.29 is 14.3 Å².